The monoisotopic (exact) mass is 328 g/mol. The molecule has 0 aromatic heterocycles. The van der Waals surface area contributed by atoms with Gasteiger partial charge in [0, 0.05) is 17.7 Å². The van der Waals surface area contributed by atoms with E-state index in [9.17, 15) is 9.90 Å². The third-order valence-corrected chi connectivity index (χ3v) is 3.40. The first kappa shape index (κ1) is 17.4. The fraction of sp³-hybridized carbons (Fsp3) is 0.211. The topological polar surface area (TPSA) is 65.0 Å². The first-order chi connectivity index (χ1) is 11.6. The second-order valence-electron chi connectivity index (χ2n) is 4.92. The summed E-state index contributed by atoms with van der Waals surface area (Å²) in [6.07, 6.45) is 3.03. The number of ketones is 1. The Morgan fingerprint density at radius 3 is 2.46 bits per heavy atom. The molecular formula is C19H20O5. The maximum Gasteiger partial charge on any atom is 0.189 e. The first-order valence-corrected chi connectivity index (χ1v) is 7.49. The second-order valence-corrected chi connectivity index (χ2v) is 4.92. The average Bonchev–Trinajstić information content (AvgIpc) is 2.60. The molecule has 0 bridgehead atoms. The van der Waals surface area contributed by atoms with Crippen LogP contribution in [0, 0.1) is 0 Å². The highest BCUT2D eigenvalue weighted by molar-refractivity contribution is 6.08. The van der Waals surface area contributed by atoms with Crippen LogP contribution in [0.5, 0.6) is 23.0 Å². The molecule has 0 heterocycles. The van der Waals surface area contributed by atoms with Crippen LogP contribution >= 0.6 is 0 Å². The largest absolute Gasteiger partial charge is 0.507 e. The van der Waals surface area contributed by atoms with Crippen molar-refractivity contribution in [3.8, 4) is 23.0 Å². The summed E-state index contributed by atoms with van der Waals surface area (Å²) >= 11 is 0. The number of allylic oxidation sites excluding steroid dienone is 1. The lowest BCUT2D eigenvalue weighted by molar-refractivity contribution is 0.104. The summed E-state index contributed by atoms with van der Waals surface area (Å²) < 4.78 is 15.7. The number of methoxy groups -OCH3 is 2. The van der Waals surface area contributed by atoms with Gasteiger partial charge in [-0.05, 0) is 43.3 Å². The number of carbonyl (C=O) groups excluding carboxylic acids is 1. The summed E-state index contributed by atoms with van der Waals surface area (Å²) in [5.41, 5.74) is 0.944. The van der Waals surface area contributed by atoms with E-state index in [4.69, 9.17) is 14.2 Å². The summed E-state index contributed by atoms with van der Waals surface area (Å²) in [6, 6.07) is 9.92. The van der Waals surface area contributed by atoms with E-state index in [0.29, 0.717) is 23.9 Å². The van der Waals surface area contributed by atoms with Gasteiger partial charge < -0.3 is 19.3 Å². The predicted molar refractivity (Wildman–Crippen MR) is 92.2 cm³/mol. The number of phenols is 1. The van der Waals surface area contributed by atoms with Crippen LogP contribution in [0.4, 0.5) is 0 Å². The van der Waals surface area contributed by atoms with E-state index < -0.39 is 0 Å². The van der Waals surface area contributed by atoms with Crippen molar-refractivity contribution in [1.82, 2.24) is 0 Å². The molecular weight excluding hydrogens is 308 g/mol. The average molecular weight is 328 g/mol. The molecule has 2 aromatic rings. The summed E-state index contributed by atoms with van der Waals surface area (Å²) in [7, 11) is 3.05. The van der Waals surface area contributed by atoms with Gasteiger partial charge in [0.05, 0.1) is 26.4 Å². The van der Waals surface area contributed by atoms with E-state index in [0.717, 1.165) is 5.56 Å². The normalized spacial score (nSPS) is 10.6. The molecule has 1 N–H and O–H groups in total. The summed E-state index contributed by atoms with van der Waals surface area (Å²) in [5, 5.41) is 9.91. The van der Waals surface area contributed by atoms with Crippen molar-refractivity contribution in [3.63, 3.8) is 0 Å². The fourth-order valence-electron chi connectivity index (χ4n) is 2.19. The zero-order chi connectivity index (χ0) is 17.5. The van der Waals surface area contributed by atoms with Gasteiger partial charge in [0.25, 0.3) is 0 Å². The number of ether oxygens (including phenoxy) is 3. The number of aromatic hydroxyl groups is 1. The Morgan fingerprint density at radius 2 is 1.83 bits per heavy atom. The minimum atomic E-state index is -0.314. The third kappa shape index (κ3) is 4.07. The minimum absolute atomic E-state index is 0.123. The van der Waals surface area contributed by atoms with E-state index in [1.165, 1.54) is 25.3 Å². The van der Waals surface area contributed by atoms with Crippen molar-refractivity contribution >= 4 is 11.9 Å². The van der Waals surface area contributed by atoms with Crippen molar-refractivity contribution < 1.29 is 24.1 Å². The Labute approximate surface area is 141 Å². The first-order valence-electron chi connectivity index (χ1n) is 7.49. The molecule has 126 valence electrons. The Bertz CT molecular complexity index is 749. The van der Waals surface area contributed by atoms with Gasteiger partial charge >= 0.3 is 0 Å². The number of phenolic OH excluding ortho intramolecular Hbond substituents is 1. The van der Waals surface area contributed by atoms with E-state index in [1.807, 2.05) is 13.0 Å². The molecule has 0 fully saturated rings. The number of benzene rings is 2. The molecule has 2 aromatic carbocycles. The zero-order valence-electron chi connectivity index (χ0n) is 13.9. The molecule has 5 nitrogen and oxygen atoms in total. The molecule has 0 radical (unpaired) electrons. The summed E-state index contributed by atoms with van der Waals surface area (Å²) in [6.45, 7) is 2.47. The molecule has 0 aliphatic carbocycles. The standard InChI is InChI=1S/C19H20O5/c1-4-24-15-7-5-13(19(12-15)23-3)6-10-17(20)16-9-8-14(22-2)11-18(16)21/h5-12,21H,4H2,1-3H3/b10-6+. The van der Waals surface area contributed by atoms with Crippen LogP contribution in [-0.4, -0.2) is 31.7 Å². The molecule has 5 heteroatoms. The quantitative estimate of drug-likeness (QED) is 0.620. The lowest BCUT2D eigenvalue weighted by Gasteiger charge is -2.08. The molecule has 0 saturated heterocycles. The van der Waals surface area contributed by atoms with Gasteiger partial charge in [-0.2, -0.15) is 0 Å². The Balaban J connectivity index is 2.22. The van der Waals surface area contributed by atoms with Gasteiger partial charge in [0.1, 0.15) is 23.0 Å². The number of hydrogen-bond acceptors (Lipinski definition) is 5. The molecule has 2 rings (SSSR count). The molecule has 0 aliphatic rings. The highest BCUT2D eigenvalue weighted by atomic mass is 16.5. The number of carbonyl (C=O) groups is 1. The second kappa shape index (κ2) is 8.06. The maximum absolute atomic E-state index is 12.3. The smallest absolute Gasteiger partial charge is 0.189 e. The van der Waals surface area contributed by atoms with Gasteiger partial charge in [-0.1, -0.05) is 0 Å². The van der Waals surface area contributed by atoms with Crippen LogP contribution < -0.4 is 14.2 Å². The Hall–Kier alpha value is -2.95. The minimum Gasteiger partial charge on any atom is -0.507 e. The highest BCUT2D eigenvalue weighted by Crippen LogP contribution is 2.27. The van der Waals surface area contributed by atoms with Crippen LogP contribution in [0.25, 0.3) is 6.08 Å². The summed E-state index contributed by atoms with van der Waals surface area (Å²) in [5.74, 6) is 1.35. The van der Waals surface area contributed by atoms with Crippen LogP contribution in [0.3, 0.4) is 0 Å². The molecule has 0 spiro atoms. The number of hydrogen-bond donors (Lipinski definition) is 1. The SMILES string of the molecule is CCOc1ccc(/C=C/C(=O)c2ccc(OC)cc2O)c(OC)c1. The summed E-state index contributed by atoms with van der Waals surface area (Å²) in [4.78, 5) is 12.3. The van der Waals surface area contributed by atoms with Gasteiger partial charge in [-0.25, -0.2) is 0 Å². The number of rotatable bonds is 7. The molecule has 0 unspecified atom stereocenters. The van der Waals surface area contributed by atoms with E-state index >= 15 is 0 Å². The van der Waals surface area contributed by atoms with Crippen molar-refractivity contribution in [1.29, 1.82) is 0 Å². The van der Waals surface area contributed by atoms with Crippen LogP contribution in [0.2, 0.25) is 0 Å². The third-order valence-electron chi connectivity index (χ3n) is 3.40. The van der Waals surface area contributed by atoms with E-state index in [1.54, 1.807) is 31.4 Å². The highest BCUT2D eigenvalue weighted by Gasteiger charge is 2.10. The maximum atomic E-state index is 12.3. The zero-order valence-corrected chi connectivity index (χ0v) is 13.9. The lowest BCUT2D eigenvalue weighted by atomic mass is 10.1. The van der Waals surface area contributed by atoms with Gasteiger partial charge in [0.15, 0.2) is 5.78 Å². The van der Waals surface area contributed by atoms with Crippen molar-refractivity contribution in [2.45, 2.75) is 6.92 Å². The van der Waals surface area contributed by atoms with Gasteiger partial charge in [-0.3, -0.25) is 4.79 Å². The molecule has 24 heavy (non-hydrogen) atoms. The fourth-order valence-corrected chi connectivity index (χ4v) is 2.19. The molecule has 0 amide bonds. The molecule has 0 atom stereocenters. The Kier molecular flexibility index (Phi) is 5.84. The van der Waals surface area contributed by atoms with E-state index in [2.05, 4.69) is 0 Å². The predicted octanol–water partition coefficient (Wildman–Crippen LogP) is 3.70. The van der Waals surface area contributed by atoms with Crippen LogP contribution in [0.15, 0.2) is 42.5 Å². The molecule has 0 saturated carbocycles. The van der Waals surface area contributed by atoms with Crippen LogP contribution in [-0.2, 0) is 0 Å². The van der Waals surface area contributed by atoms with Crippen LogP contribution in [0.1, 0.15) is 22.8 Å². The van der Waals surface area contributed by atoms with Crippen molar-refractivity contribution in [3.05, 3.63) is 53.6 Å². The van der Waals surface area contributed by atoms with Crippen molar-refractivity contribution in [2.24, 2.45) is 0 Å². The van der Waals surface area contributed by atoms with Gasteiger partial charge in [0.2, 0.25) is 0 Å². The molecule has 0 aliphatic heterocycles. The van der Waals surface area contributed by atoms with Crippen molar-refractivity contribution in [2.75, 3.05) is 20.8 Å². The Morgan fingerprint density at radius 1 is 1.08 bits per heavy atom. The van der Waals surface area contributed by atoms with E-state index in [-0.39, 0.29) is 17.1 Å². The van der Waals surface area contributed by atoms with Gasteiger partial charge in [-0.15, -0.1) is 0 Å². The lowest BCUT2D eigenvalue weighted by Crippen LogP contribution is -1.96.